The van der Waals surface area contributed by atoms with Crippen LogP contribution >= 0.6 is 34.2 Å². The lowest BCUT2D eigenvalue weighted by atomic mass is 10.3. The summed E-state index contributed by atoms with van der Waals surface area (Å²) in [5, 5.41) is 0.142. The molecule has 94 valence electrons. The van der Waals surface area contributed by atoms with Crippen LogP contribution in [0, 0.1) is 3.57 Å². The van der Waals surface area contributed by atoms with Crippen molar-refractivity contribution >= 4 is 49.9 Å². The third-order valence-electron chi connectivity index (χ3n) is 2.12. The Balaban J connectivity index is 2.33. The van der Waals surface area contributed by atoms with Crippen molar-refractivity contribution in [1.82, 2.24) is 4.98 Å². The van der Waals surface area contributed by atoms with Crippen LogP contribution in [0.3, 0.4) is 0 Å². The van der Waals surface area contributed by atoms with Gasteiger partial charge >= 0.3 is 0 Å². The van der Waals surface area contributed by atoms with Crippen molar-refractivity contribution < 1.29 is 8.42 Å². The number of aromatic nitrogens is 1. The second-order valence-electron chi connectivity index (χ2n) is 3.42. The molecule has 0 aliphatic carbocycles. The smallest absolute Gasteiger partial charge is 0.264 e. The first-order chi connectivity index (χ1) is 8.49. The van der Waals surface area contributed by atoms with Gasteiger partial charge in [0, 0.05) is 21.7 Å². The van der Waals surface area contributed by atoms with E-state index in [2.05, 4.69) is 32.3 Å². The van der Waals surface area contributed by atoms with E-state index in [9.17, 15) is 8.42 Å². The van der Waals surface area contributed by atoms with Gasteiger partial charge in [0.1, 0.15) is 4.90 Å². The lowest BCUT2D eigenvalue weighted by Gasteiger charge is -2.08. The van der Waals surface area contributed by atoms with Crippen LogP contribution in [-0.4, -0.2) is 13.4 Å². The van der Waals surface area contributed by atoms with Crippen LogP contribution in [-0.2, 0) is 10.0 Å². The van der Waals surface area contributed by atoms with E-state index >= 15 is 0 Å². The van der Waals surface area contributed by atoms with Crippen molar-refractivity contribution in [2.75, 3.05) is 4.72 Å². The number of sulfonamides is 1. The summed E-state index contributed by atoms with van der Waals surface area (Å²) in [4.78, 5) is 3.73. The fraction of sp³-hybridized carbons (Fsp3) is 0. The predicted molar refractivity (Wildman–Crippen MR) is 79.2 cm³/mol. The SMILES string of the molecule is O=S(=O)(Nc1ccc(I)cc1)c1cnccc1Cl. The number of nitrogens with zero attached hydrogens (tertiary/aromatic N) is 1. The highest BCUT2D eigenvalue weighted by molar-refractivity contribution is 14.1. The molecular weight excluding hydrogens is 387 g/mol. The summed E-state index contributed by atoms with van der Waals surface area (Å²) >= 11 is 7.98. The van der Waals surface area contributed by atoms with Gasteiger partial charge in [0.15, 0.2) is 0 Å². The topological polar surface area (TPSA) is 59.1 Å². The first-order valence-corrected chi connectivity index (χ1v) is 7.81. The lowest BCUT2D eigenvalue weighted by Crippen LogP contribution is -2.13. The predicted octanol–water partition coefficient (Wildman–Crippen LogP) is 3.14. The van der Waals surface area contributed by atoms with Crippen molar-refractivity contribution in [3.8, 4) is 0 Å². The van der Waals surface area contributed by atoms with E-state index in [1.165, 1.54) is 18.5 Å². The van der Waals surface area contributed by atoms with Crippen molar-refractivity contribution in [3.63, 3.8) is 0 Å². The van der Waals surface area contributed by atoms with E-state index in [4.69, 9.17) is 11.6 Å². The van der Waals surface area contributed by atoms with Crippen molar-refractivity contribution in [3.05, 3.63) is 51.3 Å². The molecule has 1 aromatic heterocycles. The highest BCUT2D eigenvalue weighted by Gasteiger charge is 2.17. The molecule has 0 atom stereocenters. The first-order valence-electron chi connectivity index (χ1n) is 4.87. The molecule has 0 aliphatic heterocycles. The summed E-state index contributed by atoms with van der Waals surface area (Å²) in [5.74, 6) is 0. The Labute approximate surface area is 124 Å². The van der Waals surface area contributed by atoms with Crippen molar-refractivity contribution in [1.29, 1.82) is 0 Å². The van der Waals surface area contributed by atoms with Crippen LogP contribution in [0.5, 0.6) is 0 Å². The molecule has 0 unspecified atom stereocenters. The molecule has 0 saturated carbocycles. The van der Waals surface area contributed by atoms with Gasteiger partial charge in [-0.1, -0.05) is 11.6 Å². The summed E-state index contributed by atoms with van der Waals surface area (Å²) < 4.78 is 27.6. The van der Waals surface area contributed by atoms with E-state index < -0.39 is 10.0 Å². The number of hydrogen-bond donors (Lipinski definition) is 1. The number of pyridine rings is 1. The first kappa shape index (κ1) is 13.6. The number of benzene rings is 1. The molecule has 0 saturated heterocycles. The molecule has 18 heavy (non-hydrogen) atoms. The summed E-state index contributed by atoms with van der Waals surface area (Å²) in [6.07, 6.45) is 2.66. The van der Waals surface area contributed by atoms with Crippen molar-refractivity contribution in [2.45, 2.75) is 4.90 Å². The van der Waals surface area contributed by atoms with Gasteiger partial charge in [-0.3, -0.25) is 9.71 Å². The normalized spacial score (nSPS) is 11.2. The van der Waals surface area contributed by atoms with Gasteiger partial charge in [-0.2, -0.15) is 0 Å². The Morgan fingerprint density at radius 3 is 2.44 bits per heavy atom. The molecule has 2 aromatic rings. The molecule has 0 radical (unpaired) electrons. The highest BCUT2D eigenvalue weighted by Crippen LogP contribution is 2.22. The Kier molecular flexibility index (Phi) is 4.08. The van der Waals surface area contributed by atoms with Crippen LogP contribution in [0.15, 0.2) is 47.6 Å². The molecule has 1 aromatic carbocycles. The van der Waals surface area contributed by atoms with Gasteiger partial charge in [-0.25, -0.2) is 8.42 Å². The fourth-order valence-electron chi connectivity index (χ4n) is 1.29. The molecular formula is C11H8ClIN2O2S. The van der Waals surface area contributed by atoms with E-state index in [1.54, 1.807) is 12.1 Å². The summed E-state index contributed by atoms with van der Waals surface area (Å²) in [7, 11) is -3.70. The lowest BCUT2D eigenvalue weighted by molar-refractivity contribution is 0.601. The third kappa shape index (κ3) is 3.12. The van der Waals surface area contributed by atoms with Gasteiger partial charge in [-0.15, -0.1) is 0 Å². The number of rotatable bonds is 3. The molecule has 7 heteroatoms. The maximum Gasteiger partial charge on any atom is 0.264 e. The van der Waals surface area contributed by atoms with E-state index in [0.717, 1.165) is 3.57 Å². The Bertz CT molecular complexity index is 659. The van der Waals surface area contributed by atoms with Crippen LogP contribution < -0.4 is 4.72 Å². The van der Waals surface area contributed by atoms with Gasteiger partial charge in [0.25, 0.3) is 10.0 Å². The maximum atomic E-state index is 12.1. The molecule has 1 heterocycles. The minimum Gasteiger partial charge on any atom is -0.280 e. The monoisotopic (exact) mass is 394 g/mol. The second-order valence-corrected chi connectivity index (χ2v) is 6.72. The minimum absolute atomic E-state index is 0.0368. The van der Waals surface area contributed by atoms with Crippen LogP contribution in [0.25, 0.3) is 0 Å². The summed E-state index contributed by atoms with van der Waals surface area (Å²) in [6.45, 7) is 0. The molecule has 0 amide bonds. The zero-order chi connectivity index (χ0) is 13.2. The molecule has 0 aliphatic rings. The van der Waals surface area contributed by atoms with E-state index in [-0.39, 0.29) is 9.92 Å². The number of halogens is 2. The number of hydrogen-bond acceptors (Lipinski definition) is 3. The van der Waals surface area contributed by atoms with Crippen molar-refractivity contribution in [2.24, 2.45) is 0 Å². The molecule has 2 rings (SSSR count). The zero-order valence-corrected chi connectivity index (χ0v) is 12.7. The highest BCUT2D eigenvalue weighted by atomic mass is 127. The standard InChI is InChI=1S/C11H8ClIN2O2S/c12-10-5-6-14-7-11(10)18(16,17)15-9-3-1-8(13)2-4-9/h1-7,15H. The van der Waals surface area contributed by atoms with Gasteiger partial charge < -0.3 is 0 Å². The van der Waals surface area contributed by atoms with Gasteiger partial charge in [0.2, 0.25) is 0 Å². The fourth-order valence-corrected chi connectivity index (χ4v) is 3.14. The molecule has 0 spiro atoms. The Morgan fingerprint density at radius 1 is 1.17 bits per heavy atom. The molecule has 0 bridgehead atoms. The zero-order valence-electron chi connectivity index (χ0n) is 8.97. The largest absolute Gasteiger partial charge is 0.280 e. The quantitative estimate of drug-likeness (QED) is 0.814. The van der Waals surface area contributed by atoms with Crippen LogP contribution in [0.1, 0.15) is 0 Å². The number of anilines is 1. The Hall–Kier alpha value is -0.860. The summed E-state index contributed by atoms with van der Waals surface area (Å²) in [6, 6.07) is 8.42. The van der Waals surface area contributed by atoms with Crippen LogP contribution in [0.2, 0.25) is 5.02 Å². The molecule has 0 fully saturated rings. The average Bonchev–Trinajstić information content (AvgIpc) is 2.32. The molecule has 4 nitrogen and oxygen atoms in total. The second kappa shape index (κ2) is 5.41. The minimum atomic E-state index is -3.70. The molecule has 1 N–H and O–H groups in total. The van der Waals surface area contributed by atoms with Crippen LogP contribution in [0.4, 0.5) is 5.69 Å². The Morgan fingerprint density at radius 2 is 1.83 bits per heavy atom. The summed E-state index contributed by atoms with van der Waals surface area (Å²) in [5.41, 5.74) is 0.482. The van der Waals surface area contributed by atoms with E-state index in [0.29, 0.717) is 5.69 Å². The number of nitrogens with one attached hydrogen (secondary N) is 1. The van der Waals surface area contributed by atoms with Gasteiger partial charge in [0.05, 0.1) is 5.02 Å². The maximum absolute atomic E-state index is 12.1. The third-order valence-corrected chi connectivity index (χ3v) is 4.69. The van der Waals surface area contributed by atoms with Gasteiger partial charge in [-0.05, 0) is 52.9 Å². The van der Waals surface area contributed by atoms with E-state index in [1.807, 2.05) is 12.1 Å². The average molecular weight is 395 g/mol.